The van der Waals surface area contributed by atoms with Gasteiger partial charge >= 0.3 is 0 Å². The van der Waals surface area contributed by atoms with Gasteiger partial charge in [0.25, 0.3) is 0 Å². The Morgan fingerprint density at radius 1 is 1.06 bits per heavy atom. The molecule has 1 aromatic carbocycles. The number of hydrogen-bond donors (Lipinski definition) is 1. The molecule has 1 heterocycles. The molecule has 0 spiro atoms. The number of hydrogen-bond acceptors (Lipinski definition) is 3. The van der Waals surface area contributed by atoms with Gasteiger partial charge in [0.05, 0.1) is 6.04 Å². The van der Waals surface area contributed by atoms with E-state index in [9.17, 15) is 0 Å². The fourth-order valence-corrected chi connectivity index (χ4v) is 2.82. The Balaban J connectivity index is 2.17. The van der Waals surface area contributed by atoms with E-state index in [1.165, 1.54) is 16.8 Å². The van der Waals surface area contributed by atoms with Crippen LogP contribution in [0.1, 0.15) is 31.0 Å². The summed E-state index contributed by atoms with van der Waals surface area (Å²) >= 11 is 1.69. The number of nitrogens with two attached hydrogens (primary N) is 1. The highest BCUT2D eigenvalue weighted by atomic mass is 32.1. The van der Waals surface area contributed by atoms with E-state index in [0.29, 0.717) is 0 Å². The molecule has 0 radical (unpaired) electrons. The molecule has 18 heavy (non-hydrogen) atoms. The second-order valence-electron chi connectivity index (χ2n) is 4.30. The summed E-state index contributed by atoms with van der Waals surface area (Å²) < 4.78 is 0. The van der Waals surface area contributed by atoms with Crippen LogP contribution in [0.15, 0.2) is 41.1 Å². The van der Waals surface area contributed by atoms with Crippen LogP contribution in [0.4, 0.5) is 5.69 Å². The maximum atomic E-state index is 6.24. The fraction of sp³-hybridized carbons (Fsp3) is 0.333. The van der Waals surface area contributed by atoms with Crippen molar-refractivity contribution in [3.63, 3.8) is 0 Å². The van der Waals surface area contributed by atoms with Gasteiger partial charge < -0.3 is 10.6 Å². The number of thiophene rings is 1. The van der Waals surface area contributed by atoms with Gasteiger partial charge in [0.15, 0.2) is 0 Å². The molecule has 1 aromatic heterocycles. The van der Waals surface area contributed by atoms with Crippen LogP contribution >= 0.6 is 11.3 Å². The molecule has 0 saturated carbocycles. The second kappa shape index (κ2) is 6.03. The number of rotatable bonds is 5. The summed E-state index contributed by atoms with van der Waals surface area (Å²) in [6.45, 7) is 6.42. The average molecular weight is 260 g/mol. The largest absolute Gasteiger partial charge is 0.372 e. The Morgan fingerprint density at radius 2 is 1.72 bits per heavy atom. The number of nitrogens with zero attached hydrogens (tertiary/aromatic N) is 1. The molecule has 2 nitrogen and oxygen atoms in total. The molecule has 0 aliphatic heterocycles. The summed E-state index contributed by atoms with van der Waals surface area (Å²) in [7, 11) is 0. The van der Waals surface area contributed by atoms with Crippen LogP contribution in [0.3, 0.4) is 0 Å². The third kappa shape index (κ3) is 2.74. The van der Waals surface area contributed by atoms with E-state index in [1.807, 2.05) is 0 Å². The van der Waals surface area contributed by atoms with Crippen molar-refractivity contribution in [2.75, 3.05) is 18.0 Å². The van der Waals surface area contributed by atoms with Crippen LogP contribution < -0.4 is 10.6 Å². The third-order valence-corrected chi connectivity index (χ3v) is 3.98. The van der Waals surface area contributed by atoms with Gasteiger partial charge in [-0.15, -0.1) is 0 Å². The first-order valence-corrected chi connectivity index (χ1v) is 7.33. The molecule has 2 rings (SSSR count). The molecule has 2 N–H and O–H groups in total. The smallest absolute Gasteiger partial charge is 0.0559 e. The molecule has 0 aliphatic carbocycles. The SMILES string of the molecule is CCN(CC)c1ccc([C@H](N)c2ccsc2)cc1. The molecule has 1 atom stereocenters. The monoisotopic (exact) mass is 260 g/mol. The molecular weight excluding hydrogens is 240 g/mol. The van der Waals surface area contributed by atoms with Crippen molar-refractivity contribution in [2.45, 2.75) is 19.9 Å². The van der Waals surface area contributed by atoms with Crippen LogP contribution in [0, 0.1) is 0 Å². The fourth-order valence-electron chi connectivity index (χ4n) is 2.13. The Kier molecular flexibility index (Phi) is 4.39. The predicted molar refractivity (Wildman–Crippen MR) is 80.4 cm³/mol. The van der Waals surface area contributed by atoms with E-state index in [0.717, 1.165) is 13.1 Å². The molecule has 0 aliphatic rings. The van der Waals surface area contributed by atoms with Gasteiger partial charge in [-0.05, 0) is 53.9 Å². The minimum Gasteiger partial charge on any atom is -0.372 e. The quantitative estimate of drug-likeness (QED) is 0.889. The van der Waals surface area contributed by atoms with Crippen LogP contribution in [0.25, 0.3) is 0 Å². The summed E-state index contributed by atoms with van der Waals surface area (Å²) in [4.78, 5) is 2.33. The maximum Gasteiger partial charge on any atom is 0.0559 e. The molecule has 2 aromatic rings. The molecule has 3 heteroatoms. The third-order valence-electron chi connectivity index (χ3n) is 3.28. The zero-order chi connectivity index (χ0) is 13.0. The molecule has 96 valence electrons. The summed E-state index contributed by atoms with van der Waals surface area (Å²) in [5, 5.41) is 4.18. The van der Waals surface area contributed by atoms with Crippen molar-refractivity contribution in [2.24, 2.45) is 5.73 Å². The Morgan fingerprint density at radius 3 is 2.22 bits per heavy atom. The zero-order valence-corrected chi connectivity index (χ0v) is 11.8. The molecule has 0 fully saturated rings. The molecule has 0 amide bonds. The van der Waals surface area contributed by atoms with Gasteiger partial charge in [-0.1, -0.05) is 12.1 Å². The predicted octanol–water partition coefficient (Wildman–Crippen LogP) is 3.64. The summed E-state index contributed by atoms with van der Waals surface area (Å²) in [6.07, 6.45) is 0. The molecule has 0 unspecified atom stereocenters. The zero-order valence-electron chi connectivity index (χ0n) is 11.0. The van der Waals surface area contributed by atoms with Crippen LogP contribution in [0.5, 0.6) is 0 Å². The topological polar surface area (TPSA) is 29.3 Å². The van der Waals surface area contributed by atoms with Crippen molar-refractivity contribution in [3.8, 4) is 0 Å². The normalized spacial score (nSPS) is 12.4. The Labute approximate surface area is 113 Å². The van der Waals surface area contributed by atoms with Gasteiger partial charge in [-0.2, -0.15) is 11.3 Å². The Bertz CT molecular complexity index is 458. The van der Waals surface area contributed by atoms with Crippen molar-refractivity contribution in [1.82, 2.24) is 0 Å². The standard InChI is InChI=1S/C15H20N2S/c1-3-17(4-2)14-7-5-12(6-8-14)15(16)13-9-10-18-11-13/h5-11,15H,3-4,16H2,1-2H3/t15-/m0/s1. The van der Waals surface area contributed by atoms with Crippen molar-refractivity contribution < 1.29 is 0 Å². The first-order chi connectivity index (χ1) is 8.76. The van der Waals surface area contributed by atoms with Crippen molar-refractivity contribution >= 4 is 17.0 Å². The molecular formula is C15H20N2S. The van der Waals surface area contributed by atoms with Gasteiger partial charge in [0.1, 0.15) is 0 Å². The van der Waals surface area contributed by atoms with E-state index < -0.39 is 0 Å². The van der Waals surface area contributed by atoms with Crippen LogP contribution in [-0.2, 0) is 0 Å². The van der Waals surface area contributed by atoms with Crippen LogP contribution in [-0.4, -0.2) is 13.1 Å². The van der Waals surface area contributed by atoms with Crippen molar-refractivity contribution in [1.29, 1.82) is 0 Å². The summed E-state index contributed by atoms with van der Waals surface area (Å²) in [5.41, 5.74) is 9.87. The van der Waals surface area contributed by atoms with E-state index in [4.69, 9.17) is 5.73 Å². The number of benzene rings is 1. The molecule has 0 saturated heterocycles. The van der Waals surface area contributed by atoms with Crippen LogP contribution in [0.2, 0.25) is 0 Å². The highest BCUT2D eigenvalue weighted by Gasteiger charge is 2.09. The lowest BCUT2D eigenvalue weighted by Gasteiger charge is -2.21. The molecule has 0 bridgehead atoms. The van der Waals surface area contributed by atoms with Gasteiger partial charge in [0.2, 0.25) is 0 Å². The minimum atomic E-state index is -0.0120. The minimum absolute atomic E-state index is 0.0120. The lowest BCUT2D eigenvalue weighted by Crippen LogP contribution is -2.21. The average Bonchev–Trinajstić information content (AvgIpc) is 2.94. The second-order valence-corrected chi connectivity index (χ2v) is 5.08. The highest BCUT2D eigenvalue weighted by Crippen LogP contribution is 2.24. The lowest BCUT2D eigenvalue weighted by molar-refractivity contribution is 0.856. The van der Waals surface area contributed by atoms with Crippen molar-refractivity contribution in [3.05, 3.63) is 52.2 Å². The van der Waals surface area contributed by atoms with E-state index >= 15 is 0 Å². The first kappa shape index (κ1) is 13.1. The highest BCUT2D eigenvalue weighted by molar-refractivity contribution is 7.08. The summed E-state index contributed by atoms with van der Waals surface area (Å²) in [5.74, 6) is 0. The Hall–Kier alpha value is -1.32. The van der Waals surface area contributed by atoms with Gasteiger partial charge in [-0.25, -0.2) is 0 Å². The van der Waals surface area contributed by atoms with E-state index in [-0.39, 0.29) is 6.04 Å². The van der Waals surface area contributed by atoms with Gasteiger partial charge in [-0.3, -0.25) is 0 Å². The maximum absolute atomic E-state index is 6.24. The van der Waals surface area contributed by atoms with E-state index in [2.05, 4.69) is 59.8 Å². The number of anilines is 1. The summed E-state index contributed by atoms with van der Waals surface area (Å²) in [6, 6.07) is 10.7. The lowest BCUT2D eigenvalue weighted by atomic mass is 10.0. The van der Waals surface area contributed by atoms with Gasteiger partial charge in [0, 0.05) is 18.8 Å². The van der Waals surface area contributed by atoms with E-state index in [1.54, 1.807) is 11.3 Å². The first-order valence-electron chi connectivity index (χ1n) is 6.38.